The molecule has 0 atom stereocenters. The van der Waals surface area contributed by atoms with Crippen molar-refractivity contribution >= 4 is 21.8 Å². The van der Waals surface area contributed by atoms with Crippen LogP contribution in [0.1, 0.15) is 25.8 Å². The Labute approximate surface area is 128 Å². The molecular weight excluding hydrogens is 322 g/mol. The lowest BCUT2D eigenvalue weighted by Crippen LogP contribution is -2.33. The largest absolute Gasteiger partial charge is 0.483 e. The molecule has 0 N–H and O–H groups in total. The summed E-state index contributed by atoms with van der Waals surface area (Å²) in [6.45, 7) is 6.10. The van der Waals surface area contributed by atoms with Gasteiger partial charge in [0, 0.05) is 29.7 Å². The number of benzene rings is 1. The monoisotopic (exact) mass is 341 g/mol. The Morgan fingerprint density at radius 1 is 1.45 bits per heavy atom. The second-order valence-electron chi connectivity index (χ2n) is 5.13. The zero-order valence-corrected chi connectivity index (χ0v) is 13.5. The van der Waals surface area contributed by atoms with Gasteiger partial charge in [0.1, 0.15) is 5.75 Å². The standard InChI is InChI=1S/C15H20BrNO3/c1-11(2)19-7-3-6-17-9-12-8-13(16)4-5-14(12)20-10-15(17)18/h4-5,8,11H,3,6-7,9-10H2,1-2H3. The minimum Gasteiger partial charge on any atom is -0.483 e. The van der Waals surface area contributed by atoms with Crippen LogP contribution in [0.3, 0.4) is 0 Å². The lowest BCUT2D eigenvalue weighted by molar-refractivity contribution is -0.133. The summed E-state index contributed by atoms with van der Waals surface area (Å²) in [4.78, 5) is 13.9. The van der Waals surface area contributed by atoms with Gasteiger partial charge in [0.05, 0.1) is 6.10 Å². The molecule has 1 aromatic carbocycles. The number of nitrogens with zero attached hydrogens (tertiary/aromatic N) is 1. The lowest BCUT2D eigenvalue weighted by Gasteiger charge is -2.20. The van der Waals surface area contributed by atoms with Crippen LogP contribution < -0.4 is 4.74 Å². The molecule has 1 heterocycles. The van der Waals surface area contributed by atoms with Crippen LogP contribution in [0, 0.1) is 0 Å². The van der Waals surface area contributed by atoms with Crippen molar-refractivity contribution in [1.82, 2.24) is 4.90 Å². The van der Waals surface area contributed by atoms with E-state index < -0.39 is 0 Å². The molecule has 2 rings (SSSR count). The molecule has 0 unspecified atom stereocenters. The van der Waals surface area contributed by atoms with Gasteiger partial charge in [-0.1, -0.05) is 15.9 Å². The smallest absolute Gasteiger partial charge is 0.260 e. The number of hydrogen-bond donors (Lipinski definition) is 0. The van der Waals surface area contributed by atoms with Crippen LogP contribution >= 0.6 is 15.9 Å². The van der Waals surface area contributed by atoms with Gasteiger partial charge < -0.3 is 14.4 Å². The summed E-state index contributed by atoms with van der Waals surface area (Å²) in [6.07, 6.45) is 1.07. The Balaban J connectivity index is 1.97. The highest BCUT2D eigenvalue weighted by molar-refractivity contribution is 9.10. The Kier molecular flexibility index (Phi) is 5.43. The van der Waals surface area contributed by atoms with Gasteiger partial charge in [-0.3, -0.25) is 4.79 Å². The maximum absolute atomic E-state index is 12.0. The van der Waals surface area contributed by atoms with E-state index >= 15 is 0 Å². The fourth-order valence-electron chi connectivity index (χ4n) is 2.12. The van der Waals surface area contributed by atoms with E-state index in [-0.39, 0.29) is 18.6 Å². The predicted octanol–water partition coefficient (Wildman–Crippen LogP) is 2.99. The molecule has 1 aliphatic rings. The first-order valence-electron chi connectivity index (χ1n) is 6.87. The summed E-state index contributed by atoms with van der Waals surface area (Å²) in [7, 11) is 0. The van der Waals surface area contributed by atoms with E-state index in [2.05, 4.69) is 15.9 Å². The fourth-order valence-corrected chi connectivity index (χ4v) is 2.52. The SMILES string of the molecule is CC(C)OCCCN1Cc2cc(Br)ccc2OCC1=O. The van der Waals surface area contributed by atoms with Crippen molar-refractivity contribution in [2.75, 3.05) is 19.8 Å². The molecule has 0 spiro atoms. The maximum Gasteiger partial charge on any atom is 0.260 e. The number of ether oxygens (including phenoxy) is 2. The third kappa shape index (κ3) is 4.21. The van der Waals surface area contributed by atoms with Crippen molar-refractivity contribution in [3.63, 3.8) is 0 Å². The van der Waals surface area contributed by atoms with Crippen LogP contribution in [0.4, 0.5) is 0 Å². The topological polar surface area (TPSA) is 38.8 Å². The van der Waals surface area contributed by atoms with Gasteiger partial charge in [0.25, 0.3) is 5.91 Å². The van der Waals surface area contributed by atoms with E-state index in [1.54, 1.807) is 0 Å². The van der Waals surface area contributed by atoms with Crippen LogP contribution in [0.5, 0.6) is 5.75 Å². The van der Waals surface area contributed by atoms with Crippen molar-refractivity contribution in [3.8, 4) is 5.75 Å². The quantitative estimate of drug-likeness (QED) is 0.773. The summed E-state index contributed by atoms with van der Waals surface area (Å²) in [6, 6.07) is 5.83. The van der Waals surface area contributed by atoms with Gasteiger partial charge in [-0.05, 0) is 38.5 Å². The van der Waals surface area contributed by atoms with E-state index in [1.165, 1.54) is 0 Å². The fraction of sp³-hybridized carbons (Fsp3) is 0.533. The summed E-state index contributed by atoms with van der Waals surface area (Å²) in [5.41, 5.74) is 1.04. The minimum atomic E-state index is 0.0295. The van der Waals surface area contributed by atoms with E-state index in [1.807, 2.05) is 36.9 Å². The van der Waals surface area contributed by atoms with Gasteiger partial charge in [0.2, 0.25) is 0 Å². The average molecular weight is 342 g/mol. The van der Waals surface area contributed by atoms with E-state index in [4.69, 9.17) is 9.47 Å². The predicted molar refractivity (Wildman–Crippen MR) is 80.8 cm³/mol. The molecule has 1 aromatic rings. The van der Waals surface area contributed by atoms with Crippen LogP contribution in [-0.4, -0.2) is 36.7 Å². The molecule has 5 heteroatoms. The molecular formula is C15H20BrNO3. The number of rotatable bonds is 5. The Morgan fingerprint density at radius 2 is 2.25 bits per heavy atom. The first kappa shape index (κ1) is 15.3. The normalized spacial score (nSPS) is 15.0. The van der Waals surface area contributed by atoms with Crippen LogP contribution in [0.15, 0.2) is 22.7 Å². The Bertz CT molecular complexity index is 476. The van der Waals surface area contributed by atoms with Crippen LogP contribution in [0.2, 0.25) is 0 Å². The highest BCUT2D eigenvalue weighted by Gasteiger charge is 2.21. The number of carbonyl (C=O) groups is 1. The van der Waals surface area contributed by atoms with Crippen LogP contribution in [0.25, 0.3) is 0 Å². The molecule has 0 saturated carbocycles. The average Bonchev–Trinajstić information content (AvgIpc) is 2.54. The van der Waals surface area contributed by atoms with Crippen molar-refractivity contribution in [1.29, 1.82) is 0 Å². The van der Waals surface area contributed by atoms with Crippen LogP contribution in [-0.2, 0) is 16.1 Å². The van der Waals surface area contributed by atoms with Crippen molar-refractivity contribution in [3.05, 3.63) is 28.2 Å². The summed E-state index contributed by atoms with van der Waals surface area (Å²) in [5.74, 6) is 0.823. The van der Waals surface area contributed by atoms with Crippen molar-refractivity contribution in [2.24, 2.45) is 0 Å². The lowest BCUT2D eigenvalue weighted by atomic mass is 10.2. The number of halogens is 1. The molecule has 0 aromatic heterocycles. The zero-order valence-electron chi connectivity index (χ0n) is 11.9. The third-order valence-electron chi connectivity index (χ3n) is 3.11. The van der Waals surface area contributed by atoms with Crippen molar-refractivity contribution in [2.45, 2.75) is 32.9 Å². The highest BCUT2D eigenvalue weighted by atomic mass is 79.9. The third-order valence-corrected chi connectivity index (χ3v) is 3.60. The maximum atomic E-state index is 12.0. The molecule has 0 saturated heterocycles. The van der Waals surface area contributed by atoms with E-state index in [0.29, 0.717) is 19.7 Å². The van der Waals surface area contributed by atoms with Gasteiger partial charge in [0.15, 0.2) is 6.61 Å². The van der Waals surface area contributed by atoms with Gasteiger partial charge in [-0.25, -0.2) is 0 Å². The number of carbonyl (C=O) groups excluding carboxylic acids is 1. The molecule has 0 fully saturated rings. The van der Waals surface area contributed by atoms with Gasteiger partial charge >= 0.3 is 0 Å². The summed E-state index contributed by atoms with van der Waals surface area (Å²) < 4.78 is 12.1. The molecule has 20 heavy (non-hydrogen) atoms. The number of hydrogen-bond acceptors (Lipinski definition) is 3. The van der Waals surface area contributed by atoms with Gasteiger partial charge in [-0.15, -0.1) is 0 Å². The molecule has 4 nitrogen and oxygen atoms in total. The Hall–Kier alpha value is -1.07. The molecule has 0 radical (unpaired) electrons. The number of fused-ring (bicyclic) bond motifs is 1. The van der Waals surface area contributed by atoms with Gasteiger partial charge in [-0.2, -0.15) is 0 Å². The number of amides is 1. The molecule has 1 aliphatic heterocycles. The molecule has 0 bridgehead atoms. The van der Waals surface area contributed by atoms with E-state index in [0.717, 1.165) is 22.2 Å². The first-order chi connectivity index (χ1) is 9.56. The highest BCUT2D eigenvalue weighted by Crippen LogP contribution is 2.26. The minimum absolute atomic E-state index is 0.0295. The van der Waals surface area contributed by atoms with E-state index in [9.17, 15) is 4.79 Å². The van der Waals surface area contributed by atoms with Crippen molar-refractivity contribution < 1.29 is 14.3 Å². The Morgan fingerprint density at radius 3 is 3.00 bits per heavy atom. The molecule has 110 valence electrons. The zero-order chi connectivity index (χ0) is 14.5. The second-order valence-corrected chi connectivity index (χ2v) is 6.04. The summed E-state index contributed by atoms with van der Waals surface area (Å²) >= 11 is 3.45. The molecule has 0 aliphatic carbocycles. The first-order valence-corrected chi connectivity index (χ1v) is 7.66. The molecule has 1 amide bonds. The second kappa shape index (κ2) is 7.09. The summed E-state index contributed by atoms with van der Waals surface area (Å²) in [5, 5.41) is 0.